The highest BCUT2D eigenvalue weighted by Gasteiger charge is 2.08. The van der Waals surface area contributed by atoms with E-state index in [0.717, 1.165) is 5.92 Å². The van der Waals surface area contributed by atoms with Crippen LogP contribution in [0.1, 0.15) is 20.8 Å². The average molecular weight is 120 g/mol. The summed E-state index contributed by atoms with van der Waals surface area (Å²) in [6.45, 7) is 6.68. The monoisotopic (exact) mass is 120 g/mol. The molecule has 0 aromatic rings. The second-order valence-corrected chi connectivity index (χ2v) is 3.09. The molecule has 0 fully saturated rings. The average Bonchev–Trinajstić information content (AvgIpc) is 2.14. The zero-order chi connectivity index (χ0) is 6.85. The van der Waals surface area contributed by atoms with E-state index < -0.39 is 0 Å². The van der Waals surface area contributed by atoms with Gasteiger partial charge in [-0.15, -0.1) is 5.47 Å². The van der Waals surface area contributed by atoms with Gasteiger partial charge in [0.05, 0.1) is 0 Å². The lowest BCUT2D eigenvalue weighted by molar-refractivity contribution is 0.812. The molecule has 9 heavy (non-hydrogen) atoms. The van der Waals surface area contributed by atoms with E-state index in [9.17, 15) is 0 Å². The molecule has 0 atom stereocenters. The van der Waals surface area contributed by atoms with Crippen molar-refractivity contribution in [2.45, 2.75) is 20.8 Å². The summed E-state index contributed by atoms with van der Waals surface area (Å²) < 4.78 is 0. The van der Waals surface area contributed by atoms with E-state index in [1.54, 1.807) is 5.47 Å². The minimum atomic E-state index is 0.735. The molecule has 0 saturated carbocycles. The van der Waals surface area contributed by atoms with E-state index in [-0.39, 0.29) is 0 Å². The van der Waals surface area contributed by atoms with E-state index in [2.05, 4.69) is 32.9 Å². The highest BCUT2D eigenvalue weighted by molar-refractivity contribution is 6.55. The lowest BCUT2D eigenvalue weighted by Crippen LogP contribution is -2.00. The quantitative estimate of drug-likeness (QED) is 0.463. The fraction of sp³-hybridized carbons (Fsp3) is 0.500. The molecule has 0 aliphatic carbocycles. The van der Waals surface area contributed by atoms with Crippen molar-refractivity contribution in [2.24, 2.45) is 5.92 Å². The molecule has 0 saturated heterocycles. The minimum Gasteiger partial charge on any atom is -0.103 e. The van der Waals surface area contributed by atoms with Crippen LogP contribution >= 0.6 is 0 Å². The number of hydrogen-bond donors (Lipinski definition) is 0. The molecule has 0 nitrogen and oxygen atoms in total. The van der Waals surface area contributed by atoms with Crippen LogP contribution in [0.5, 0.6) is 0 Å². The van der Waals surface area contributed by atoms with Crippen LogP contribution in [0.4, 0.5) is 0 Å². The van der Waals surface area contributed by atoms with E-state index in [1.165, 1.54) is 12.8 Å². The van der Waals surface area contributed by atoms with Gasteiger partial charge in [-0.1, -0.05) is 38.4 Å². The van der Waals surface area contributed by atoms with Gasteiger partial charge in [-0.25, -0.2) is 0 Å². The summed E-state index contributed by atoms with van der Waals surface area (Å²) in [5.74, 6) is 0.735. The molecule has 0 bridgehead atoms. The Morgan fingerprint density at radius 1 is 1.33 bits per heavy atom. The van der Waals surface area contributed by atoms with Crippen molar-refractivity contribution < 1.29 is 0 Å². The van der Waals surface area contributed by atoms with Gasteiger partial charge >= 0.3 is 0 Å². The highest BCUT2D eigenvalue weighted by Crippen LogP contribution is 2.16. The Morgan fingerprint density at radius 2 is 2.00 bits per heavy atom. The molecule has 0 aromatic carbocycles. The molecular formula is C8H13B. The molecule has 0 aromatic heterocycles. The molecule has 1 aliphatic heterocycles. The van der Waals surface area contributed by atoms with Gasteiger partial charge in [-0.2, -0.15) is 0 Å². The minimum absolute atomic E-state index is 0.735. The largest absolute Gasteiger partial charge is 0.181 e. The Kier molecular flexibility index (Phi) is 1.79. The SMILES string of the molecule is CC1=CC=C(C(C)C)B1. The maximum atomic E-state index is 2.25. The van der Waals surface area contributed by atoms with Crippen LogP contribution in [0.2, 0.25) is 0 Å². The number of allylic oxidation sites excluding steroid dienone is 4. The van der Waals surface area contributed by atoms with Gasteiger partial charge in [-0.05, 0) is 5.92 Å². The summed E-state index contributed by atoms with van der Waals surface area (Å²) in [7, 11) is 1.21. The van der Waals surface area contributed by atoms with E-state index >= 15 is 0 Å². The third-order valence-electron chi connectivity index (χ3n) is 1.81. The van der Waals surface area contributed by atoms with Crippen LogP contribution < -0.4 is 0 Å². The molecule has 0 spiro atoms. The molecule has 1 heteroatoms. The molecule has 0 radical (unpaired) electrons. The summed E-state index contributed by atoms with van der Waals surface area (Å²) in [6, 6.07) is 0. The Balaban J connectivity index is 2.54. The first-order valence-corrected chi connectivity index (χ1v) is 3.56. The molecule has 0 amide bonds. The molecule has 48 valence electrons. The first-order valence-electron chi connectivity index (χ1n) is 3.56. The maximum absolute atomic E-state index is 2.25. The van der Waals surface area contributed by atoms with E-state index in [4.69, 9.17) is 0 Å². The fourth-order valence-corrected chi connectivity index (χ4v) is 1.09. The maximum Gasteiger partial charge on any atom is 0.181 e. The van der Waals surface area contributed by atoms with Crippen molar-refractivity contribution in [3.05, 3.63) is 23.1 Å². The van der Waals surface area contributed by atoms with Crippen LogP contribution in [0.25, 0.3) is 0 Å². The first-order chi connectivity index (χ1) is 4.20. The van der Waals surface area contributed by atoms with Crippen LogP contribution in [0, 0.1) is 5.92 Å². The summed E-state index contributed by atoms with van der Waals surface area (Å²) in [4.78, 5) is 0. The van der Waals surface area contributed by atoms with Gasteiger partial charge < -0.3 is 0 Å². The fourth-order valence-electron chi connectivity index (χ4n) is 1.09. The van der Waals surface area contributed by atoms with Crippen molar-refractivity contribution in [1.29, 1.82) is 0 Å². The van der Waals surface area contributed by atoms with Crippen LogP contribution in [0.3, 0.4) is 0 Å². The van der Waals surface area contributed by atoms with Gasteiger partial charge in [0, 0.05) is 0 Å². The lowest BCUT2D eigenvalue weighted by Gasteiger charge is -2.03. The smallest absolute Gasteiger partial charge is 0.103 e. The van der Waals surface area contributed by atoms with Gasteiger partial charge in [0.25, 0.3) is 0 Å². The van der Waals surface area contributed by atoms with Crippen molar-refractivity contribution in [3.63, 3.8) is 0 Å². The van der Waals surface area contributed by atoms with Crippen molar-refractivity contribution in [1.82, 2.24) is 0 Å². The van der Waals surface area contributed by atoms with Crippen molar-refractivity contribution >= 4 is 7.28 Å². The topological polar surface area (TPSA) is 0 Å². The van der Waals surface area contributed by atoms with Crippen LogP contribution in [0.15, 0.2) is 23.1 Å². The van der Waals surface area contributed by atoms with Crippen molar-refractivity contribution in [2.75, 3.05) is 0 Å². The van der Waals surface area contributed by atoms with Crippen LogP contribution in [-0.4, -0.2) is 7.28 Å². The zero-order valence-corrected chi connectivity index (χ0v) is 6.44. The standard InChI is InChI=1S/C8H13B/c1-6(2)8-5-4-7(3)9-8/h4-6,9H,1-3H3. The third-order valence-corrected chi connectivity index (χ3v) is 1.81. The number of rotatable bonds is 1. The normalized spacial score (nSPS) is 17.3. The highest BCUT2D eigenvalue weighted by atomic mass is 14.0. The Labute approximate surface area is 57.9 Å². The van der Waals surface area contributed by atoms with Gasteiger partial charge in [-0.3, -0.25) is 0 Å². The van der Waals surface area contributed by atoms with Gasteiger partial charge in [0.2, 0.25) is 0 Å². The predicted molar refractivity (Wildman–Crippen MR) is 43.8 cm³/mol. The van der Waals surface area contributed by atoms with Gasteiger partial charge in [0.1, 0.15) is 0 Å². The zero-order valence-electron chi connectivity index (χ0n) is 6.44. The summed E-state index contributed by atoms with van der Waals surface area (Å²) in [6.07, 6.45) is 4.47. The Bertz CT molecular complexity index is 163. The second kappa shape index (κ2) is 2.42. The van der Waals surface area contributed by atoms with Gasteiger partial charge in [0.15, 0.2) is 7.28 Å². The lowest BCUT2D eigenvalue weighted by atomic mass is 9.63. The first kappa shape index (κ1) is 6.66. The molecule has 0 N–H and O–H groups in total. The van der Waals surface area contributed by atoms with Crippen LogP contribution in [-0.2, 0) is 0 Å². The van der Waals surface area contributed by atoms with Crippen molar-refractivity contribution in [3.8, 4) is 0 Å². The summed E-state index contributed by atoms with van der Waals surface area (Å²) in [5, 5.41) is 0. The van der Waals surface area contributed by atoms with E-state index in [0.29, 0.717) is 0 Å². The molecule has 0 unspecified atom stereocenters. The molecule has 1 rings (SSSR count). The Morgan fingerprint density at radius 3 is 2.22 bits per heavy atom. The molecular weight excluding hydrogens is 107 g/mol. The predicted octanol–water partition coefficient (Wildman–Crippen LogP) is 1.88. The molecule has 1 aliphatic rings. The third kappa shape index (κ3) is 1.47. The summed E-state index contributed by atoms with van der Waals surface area (Å²) in [5.41, 5.74) is 3.08. The Hall–Kier alpha value is -0.455. The van der Waals surface area contributed by atoms with E-state index in [1.807, 2.05) is 0 Å². The number of hydrogen-bond acceptors (Lipinski definition) is 0. The summed E-state index contributed by atoms with van der Waals surface area (Å²) >= 11 is 0. The second-order valence-electron chi connectivity index (χ2n) is 3.09. The molecule has 1 heterocycles.